The Bertz CT molecular complexity index is 1420. The summed E-state index contributed by atoms with van der Waals surface area (Å²) in [6.07, 6.45) is 2.08. The normalized spacial score (nSPS) is 19.4. The minimum absolute atomic E-state index is 0.0587. The van der Waals surface area contributed by atoms with E-state index in [0.29, 0.717) is 24.0 Å². The van der Waals surface area contributed by atoms with E-state index in [-0.39, 0.29) is 32.6 Å². The maximum atomic E-state index is 13.9. The van der Waals surface area contributed by atoms with Crippen molar-refractivity contribution in [2.45, 2.75) is 38.6 Å². The maximum absolute atomic E-state index is 13.9. The van der Waals surface area contributed by atoms with E-state index in [9.17, 15) is 26.8 Å². The number of amides is 1. The second kappa shape index (κ2) is 9.16. The Kier molecular flexibility index (Phi) is 6.58. The third-order valence-electron chi connectivity index (χ3n) is 5.75. The van der Waals surface area contributed by atoms with E-state index in [1.165, 1.54) is 4.31 Å². The summed E-state index contributed by atoms with van der Waals surface area (Å²) in [5.41, 5.74) is -0.919. The van der Waals surface area contributed by atoms with Crippen LogP contribution in [0.3, 0.4) is 0 Å². The summed E-state index contributed by atoms with van der Waals surface area (Å²) in [6, 6.07) is 2.69. The molecule has 8 nitrogen and oxygen atoms in total. The molecule has 0 saturated carbocycles. The molecule has 4 rings (SSSR count). The molecule has 12 heteroatoms. The summed E-state index contributed by atoms with van der Waals surface area (Å²) in [5.74, 6) is -2.12. The zero-order valence-electron chi connectivity index (χ0n) is 18.8. The van der Waals surface area contributed by atoms with E-state index in [0.717, 1.165) is 40.8 Å². The summed E-state index contributed by atoms with van der Waals surface area (Å²) in [4.78, 5) is 30.5. The zero-order chi connectivity index (χ0) is 24.8. The number of sulfonamides is 1. The van der Waals surface area contributed by atoms with Crippen molar-refractivity contribution in [3.63, 3.8) is 0 Å². The van der Waals surface area contributed by atoms with Gasteiger partial charge in [-0.15, -0.1) is 11.3 Å². The van der Waals surface area contributed by atoms with Crippen LogP contribution in [0.25, 0.3) is 10.2 Å². The molecule has 0 radical (unpaired) electrons. The molecule has 34 heavy (non-hydrogen) atoms. The molecule has 1 aromatic carbocycles. The van der Waals surface area contributed by atoms with E-state index in [1.54, 1.807) is 6.92 Å². The average Bonchev–Trinajstić information content (AvgIpc) is 3.09. The van der Waals surface area contributed by atoms with Gasteiger partial charge in [-0.05, 0) is 37.3 Å². The SMILES string of the molecule is Cc1sc2ncn(CC(=O)Nc3ccc(F)cc3F)c(=O)c2c1S(=O)(=O)N1CC(C)CC(C)C1. The number of rotatable bonds is 5. The molecule has 3 aromatic rings. The molecule has 1 saturated heterocycles. The number of halogens is 2. The van der Waals surface area contributed by atoms with Gasteiger partial charge in [0, 0.05) is 24.0 Å². The van der Waals surface area contributed by atoms with Crippen molar-refractivity contribution in [2.24, 2.45) is 11.8 Å². The molecule has 0 spiro atoms. The molecule has 0 aliphatic carbocycles. The molecule has 2 aromatic heterocycles. The van der Waals surface area contributed by atoms with Crippen molar-refractivity contribution in [1.82, 2.24) is 13.9 Å². The van der Waals surface area contributed by atoms with Gasteiger partial charge < -0.3 is 5.32 Å². The van der Waals surface area contributed by atoms with Crippen LogP contribution in [0.5, 0.6) is 0 Å². The fourth-order valence-electron chi connectivity index (χ4n) is 4.40. The van der Waals surface area contributed by atoms with E-state index in [1.807, 2.05) is 13.8 Å². The number of hydrogen-bond acceptors (Lipinski definition) is 6. The van der Waals surface area contributed by atoms with Crippen molar-refractivity contribution in [2.75, 3.05) is 18.4 Å². The van der Waals surface area contributed by atoms with Gasteiger partial charge in [-0.2, -0.15) is 4.31 Å². The van der Waals surface area contributed by atoms with Gasteiger partial charge in [-0.1, -0.05) is 13.8 Å². The molecule has 0 bridgehead atoms. The highest BCUT2D eigenvalue weighted by Crippen LogP contribution is 2.35. The Hall–Kier alpha value is -2.70. The van der Waals surface area contributed by atoms with Gasteiger partial charge >= 0.3 is 0 Å². The first-order chi connectivity index (χ1) is 16.0. The topological polar surface area (TPSA) is 101 Å². The molecular formula is C22H24F2N4O4S2. The summed E-state index contributed by atoms with van der Waals surface area (Å²) < 4.78 is 56.5. The van der Waals surface area contributed by atoms with Gasteiger partial charge in [0.2, 0.25) is 15.9 Å². The quantitative estimate of drug-likeness (QED) is 0.567. The van der Waals surface area contributed by atoms with Crippen LogP contribution in [-0.2, 0) is 21.4 Å². The van der Waals surface area contributed by atoms with Gasteiger partial charge in [-0.25, -0.2) is 22.2 Å². The average molecular weight is 511 g/mol. The lowest BCUT2D eigenvalue weighted by Gasteiger charge is -2.34. The third-order valence-corrected chi connectivity index (χ3v) is 8.90. The Balaban J connectivity index is 1.69. The van der Waals surface area contributed by atoms with Crippen molar-refractivity contribution in [1.29, 1.82) is 0 Å². The van der Waals surface area contributed by atoms with Crippen molar-refractivity contribution in [3.05, 3.63) is 51.4 Å². The minimum atomic E-state index is -3.96. The zero-order valence-corrected chi connectivity index (χ0v) is 20.5. The number of nitrogens with one attached hydrogen (secondary N) is 1. The number of aromatic nitrogens is 2. The van der Waals surface area contributed by atoms with Crippen LogP contribution in [0.2, 0.25) is 0 Å². The smallest absolute Gasteiger partial charge is 0.263 e. The first-order valence-electron chi connectivity index (χ1n) is 10.7. The highest BCUT2D eigenvalue weighted by Gasteiger charge is 2.35. The second-order valence-corrected chi connectivity index (χ2v) is 11.9. The summed E-state index contributed by atoms with van der Waals surface area (Å²) in [7, 11) is -3.96. The Morgan fingerprint density at radius 1 is 1.24 bits per heavy atom. The van der Waals surface area contributed by atoms with Crippen molar-refractivity contribution >= 4 is 43.2 Å². The van der Waals surface area contributed by atoms with Crippen LogP contribution < -0.4 is 10.9 Å². The predicted molar refractivity (Wildman–Crippen MR) is 125 cm³/mol. The molecule has 1 fully saturated rings. The highest BCUT2D eigenvalue weighted by molar-refractivity contribution is 7.89. The van der Waals surface area contributed by atoms with Crippen molar-refractivity contribution in [3.8, 4) is 0 Å². The lowest BCUT2D eigenvalue weighted by atomic mass is 9.94. The molecule has 1 N–H and O–H groups in total. The number of piperidine rings is 1. The number of fused-ring (bicyclic) bond motifs is 1. The van der Waals surface area contributed by atoms with Gasteiger partial charge in [0.15, 0.2) is 0 Å². The Labute approximate surface area is 199 Å². The van der Waals surface area contributed by atoms with E-state index < -0.39 is 39.7 Å². The van der Waals surface area contributed by atoms with Crippen molar-refractivity contribution < 1.29 is 22.0 Å². The van der Waals surface area contributed by atoms with Crippen LogP contribution >= 0.6 is 11.3 Å². The first kappa shape index (κ1) is 24.4. The van der Waals surface area contributed by atoms with E-state index in [4.69, 9.17) is 0 Å². The Morgan fingerprint density at radius 3 is 2.56 bits per heavy atom. The number of carbonyl (C=O) groups excluding carboxylic acids is 1. The number of benzene rings is 1. The molecule has 2 atom stereocenters. The van der Waals surface area contributed by atoms with Gasteiger partial charge in [0.05, 0.1) is 17.4 Å². The summed E-state index contributed by atoms with van der Waals surface area (Å²) >= 11 is 1.10. The highest BCUT2D eigenvalue weighted by atomic mass is 32.2. The first-order valence-corrected chi connectivity index (χ1v) is 13.0. The molecule has 1 aliphatic heterocycles. The van der Waals surface area contributed by atoms with Gasteiger partial charge in [0.25, 0.3) is 5.56 Å². The monoisotopic (exact) mass is 510 g/mol. The molecule has 1 amide bonds. The predicted octanol–water partition coefficient (Wildman–Crippen LogP) is 3.35. The lowest BCUT2D eigenvalue weighted by Crippen LogP contribution is -2.42. The third kappa shape index (κ3) is 4.62. The van der Waals surface area contributed by atoms with Gasteiger partial charge in [0.1, 0.15) is 27.9 Å². The number of carbonyl (C=O) groups is 1. The number of aryl methyl sites for hydroxylation is 1. The second-order valence-electron chi connectivity index (χ2n) is 8.79. The van der Waals surface area contributed by atoms with Crippen LogP contribution in [0.4, 0.5) is 14.5 Å². The fraction of sp³-hybridized carbons (Fsp3) is 0.409. The van der Waals surface area contributed by atoms with Crippen LogP contribution in [0.1, 0.15) is 25.1 Å². The largest absolute Gasteiger partial charge is 0.322 e. The number of hydrogen-bond donors (Lipinski definition) is 1. The number of nitrogens with zero attached hydrogens (tertiary/aromatic N) is 3. The molecule has 2 unspecified atom stereocenters. The van der Waals surface area contributed by atoms with E-state index in [2.05, 4.69) is 10.3 Å². The van der Waals surface area contributed by atoms with Crippen LogP contribution in [-0.4, -0.2) is 41.3 Å². The minimum Gasteiger partial charge on any atom is -0.322 e. The lowest BCUT2D eigenvalue weighted by molar-refractivity contribution is -0.116. The van der Waals surface area contributed by atoms with Crippen LogP contribution in [0.15, 0.2) is 34.2 Å². The standard InChI is InChI=1S/C22H24F2N4O4S2/c1-12-6-13(2)9-28(8-12)34(31,32)20-14(3)33-21-19(20)22(30)27(11-25-21)10-18(29)26-17-5-4-15(23)7-16(17)24/h4-5,7,11-13H,6,8-10H2,1-3H3,(H,26,29). The van der Waals surface area contributed by atoms with Crippen LogP contribution in [0, 0.1) is 30.4 Å². The summed E-state index contributed by atoms with van der Waals surface area (Å²) in [5, 5.41) is 2.22. The molecule has 1 aliphatic rings. The molecule has 3 heterocycles. The Morgan fingerprint density at radius 2 is 1.91 bits per heavy atom. The summed E-state index contributed by atoms with van der Waals surface area (Å²) in [6.45, 7) is 5.82. The maximum Gasteiger partial charge on any atom is 0.263 e. The van der Waals surface area contributed by atoms with E-state index >= 15 is 0 Å². The number of thiophene rings is 1. The van der Waals surface area contributed by atoms with Gasteiger partial charge in [-0.3, -0.25) is 14.2 Å². The fourth-order valence-corrected chi connectivity index (χ4v) is 7.75. The molecular weight excluding hydrogens is 486 g/mol. The number of anilines is 1. The molecule has 182 valence electrons.